The maximum absolute atomic E-state index is 9.39. The minimum atomic E-state index is -0.495. The van der Waals surface area contributed by atoms with Crippen LogP contribution in [0.5, 0.6) is 0 Å². The molecule has 0 radical (unpaired) electrons. The van der Waals surface area contributed by atoms with Crippen molar-refractivity contribution in [2.45, 2.75) is 38.6 Å². The summed E-state index contributed by atoms with van der Waals surface area (Å²) in [7, 11) is 3.06. The van der Waals surface area contributed by atoms with Crippen molar-refractivity contribution in [3.63, 3.8) is 0 Å². The first-order valence-corrected chi connectivity index (χ1v) is 3.99. The van der Waals surface area contributed by atoms with Crippen LogP contribution in [0.2, 0.25) is 0 Å². The zero-order chi connectivity index (χ0) is 8.69. The van der Waals surface area contributed by atoms with Crippen molar-refractivity contribution in [2.75, 3.05) is 14.2 Å². The molecular weight excluding hydrogens is 144 g/mol. The molecule has 3 nitrogen and oxygen atoms in total. The maximum atomic E-state index is 9.39. The van der Waals surface area contributed by atoms with E-state index in [2.05, 4.69) is 6.92 Å². The second kappa shape index (κ2) is 6.58. The van der Waals surface area contributed by atoms with Crippen LogP contribution in [0.4, 0.5) is 0 Å². The summed E-state index contributed by atoms with van der Waals surface area (Å²) in [6.07, 6.45) is 1.86. The zero-order valence-corrected chi connectivity index (χ0v) is 7.54. The first-order chi connectivity index (χ1) is 5.26. The zero-order valence-electron chi connectivity index (χ0n) is 7.54. The van der Waals surface area contributed by atoms with Gasteiger partial charge in [0.05, 0.1) is 0 Å². The van der Waals surface area contributed by atoms with E-state index in [9.17, 15) is 5.11 Å². The van der Waals surface area contributed by atoms with Gasteiger partial charge in [-0.3, -0.25) is 0 Å². The molecule has 0 aromatic carbocycles. The summed E-state index contributed by atoms with van der Waals surface area (Å²) >= 11 is 0. The Balaban J connectivity index is 3.51. The van der Waals surface area contributed by atoms with E-state index in [1.54, 1.807) is 0 Å². The monoisotopic (exact) mass is 162 g/mol. The molecule has 0 saturated carbocycles. The molecule has 1 atom stereocenters. The summed E-state index contributed by atoms with van der Waals surface area (Å²) in [6, 6.07) is 0. The number of hydrogen-bond acceptors (Lipinski definition) is 3. The minimum Gasteiger partial charge on any atom is -0.388 e. The molecule has 0 aromatic heterocycles. The average molecular weight is 162 g/mol. The Hall–Kier alpha value is -0.120. The molecule has 0 rings (SSSR count). The predicted octanol–water partition coefficient (Wildman–Crippen LogP) is 1.16. The molecule has 0 spiro atoms. The van der Waals surface area contributed by atoms with Gasteiger partial charge < -0.3 is 14.6 Å². The number of aliphatic hydroxyl groups excluding tert-OH is 1. The average Bonchev–Trinajstić information content (AvgIpc) is 2.03. The van der Waals surface area contributed by atoms with Crippen LogP contribution in [0.25, 0.3) is 0 Å². The lowest BCUT2D eigenvalue weighted by Crippen LogP contribution is -2.29. The number of rotatable bonds is 6. The van der Waals surface area contributed by atoms with Gasteiger partial charge in [-0.05, 0) is 6.42 Å². The van der Waals surface area contributed by atoms with Crippen molar-refractivity contribution in [1.29, 1.82) is 0 Å². The predicted molar refractivity (Wildman–Crippen MR) is 43.3 cm³/mol. The number of ether oxygens (including phenoxy) is 2. The Labute approximate surface area is 68.3 Å². The number of hydrogen-bond donors (Lipinski definition) is 1. The number of aliphatic hydroxyl groups is 1. The molecule has 0 aliphatic heterocycles. The fraction of sp³-hybridized carbons (Fsp3) is 1.00. The van der Waals surface area contributed by atoms with E-state index in [0.29, 0.717) is 0 Å². The Morgan fingerprint density at radius 2 is 1.82 bits per heavy atom. The van der Waals surface area contributed by atoms with Gasteiger partial charge in [0.25, 0.3) is 0 Å². The molecule has 68 valence electrons. The molecule has 11 heavy (non-hydrogen) atoms. The summed E-state index contributed by atoms with van der Waals surface area (Å²) in [6.45, 7) is 2.08. The molecule has 0 heterocycles. The Bertz CT molecular complexity index is 81.4. The molecule has 0 aliphatic rings. The van der Waals surface area contributed by atoms with E-state index >= 15 is 0 Å². The summed E-state index contributed by atoms with van der Waals surface area (Å²) in [4.78, 5) is 0. The normalized spacial score (nSPS) is 13.9. The van der Waals surface area contributed by atoms with Crippen molar-refractivity contribution in [2.24, 2.45) is 0 Å². The highest BCUT2D eigenvalue weighted by Gasteiger charge is 2.16. The molecular formula is C8H18O3. The van der Waals surface area contributed by atoms with E-state index in [1.807, 2.05) is 0 Å². The van der Waals surface area contributed by atoms with Crippen LogP contribution >= 0.6 is 0 Å². The van der Waals surface area contributed by atoms with E-state index in [-0.39, 0.29) is 0 Å². The van der Waals surface area contributed by atoms with Gasteiger partial charge in [-0.15, -0.1) is 0 Å². The Morgan fingerprint density at radius 3 is 2.18 bits per heavy atom. The largest absolute Gasteiger partial charge is 0.388 e. The summed E-state index contributed by atoms with van der Waals surface area (Å²) in [5, 5.41) is 9.39. The molecule has 1 N–H and O–H groups in total. The number of unbranched alkanes of at least 4 members (excludes halogenated alkanes) is 1. The second-order valence-corrected chi connectivity index (χ2v) is 2.55. The smallest absolute Gasteiger partial charge is 0.182 e. The molecule has 0 fully saturated rings. The molecule has 0 amide bonds. The fourth-order valence-electron chi connectivity index (χ4n) is 0.960. The lowest BCUT2D eigenvalue weighted by Gasteiger charge is -2.19. The van der Waals surface area contributed by atoms with Gasteiger partial charge >= 0.3 is 0 Å². The Kier molecular flexibility index (Phi) is 6.51. The van der Waals surface area contributed by atoms with Gasteiger partial charge in [0.1, 0.15) is 6.10 Å². The highest BCUT2D eigenvalue weighted by atomic mass is 16.7. The first-order valence-electron chi connectivity index (χ1n) is 3.99. The van der Waals surface area contributed by atoms with Crippen LogP contribution < -0.4 is 0 Å². The molecule has 0 aromatic rings. The SMILES string of the molecule is CCCCC(O)C(OC)OC. The molecule has 0 saturated heterocycles. The summed E-state index contributed by atoms with van der Waals surface area (Å²) < 4.78 is 9.77. The highest BCUT2D eigenvalue weighted by Crippen LogP contribution is 2.07. The fourth-order valence-corrected chi connectivity index (χ4v) is 0.960. The van der Waals surface area contributed by atoms with E-state index in [1.165, 1.54) is 14.2 Å². The van der Waals surface area contributed by atoms with E-state index in [0.717, 1.165) is 19.3 Å². The molecule has 0 bridgehead atoms. The lowest BCUT2D eigenvalue weighted by atomic mass is 10.1. The molecule has 0 aliphatic carbocycles. The van der Waals surface area contributed by atoms with Crippen LogP contribution in [0.15, 0.2) is 0 Å². The first kappa shape index (κ1) is 10.9. The van der Waals surface area contributed by atoms with Crippen molar-refractivity contribution >= 4 is 0 Å². The van der Waals surface area contributed by atoms with Crippen LogP contribution in [-0.4, -0.2) is 31.7 Å². The third kappa shape index (κ3) is 4.35. The van der Waals surface area contributed by atoms with Gasteiger partial charge in [0, 0.05) is 14.2 Å². The van der Waals surface area contributed by atoms with E-state index < -0.39 is 12.4 Å². The number of methoxy groups -OCH3 is 2. The van der Waals surface area contributed by atoms with Crippen LogP contribution in [0.1, 0.15) is 26.2 Å². The van der Waals surface area contributed by atoms with Gasteiger partial charge in [-0.2, -0.15) is 0 Å². The third-order valence-corrected chi connectivity index (χ3v) is 1.63. The highest BCUT2D eigenvalue weighted by molar-refractivity contribution is 4.58. The van der Waals surface area contributed by atoms with Crippen LogP contribution in [-0.2, 0) is 9.47 Å². The third-order valence-electron chi connectivity index (χ3n) is 1.63. The van der Waals surface area contributed by atoms with E-state index in [4.69, 9.17) is 9.47 Å². The van der Waals surface area contributed by atoms with Crippen molar-refractivity contribution in [1.82, 2.24) is 0 Å². The van der Waals surface area contributed by atoms with Crippen LogP contribution in [0.3, 0.4) is 0 Å². The minimum absolute atomic E-state index is 0.471. The lowest BCUT2D eigenvalue weighted by molar-refractivity contribution is -0.165. The van der Waals surface area contributed by atoms with Gasteiger partial charge in [0.2, 0.25) is 0 Å². The van der Waals surface area contributed by atoms with Gasteiger partial charge in [0.15, 0.2) is 6.29 Å². The van der Waals surface area contributed by atoms with Gasteiger partial charge in [-0.1, -0.05) is 19.8 Å². The van der Waals surface area contributed by atoms with Crippen molar-refractivity contribution < 1.29 is 14.6 Å². The second-order valence-electron chi connectivity index (χ2n) is 2.55. The maximum Gasteiger partial charge on any atom is 0.182 e. The summed E-state index contributed by atoms with van der Waals surface area (Å²) in [5.41, 5.74) is 0. The Morgan fingerprint density at radius 1 is 1.27 bits per heavy atom. The molecule has 3 heteroatoms. The molecule has 1 unspecified atom stereocenters. The van der Waals surface area contributed by atoms with Crippen molar-refractivity contribution in [3.8, 4) is 0 Å². The van der Waals surface area contributed by atoms with Crippen LogP contribution in [0, 0.1) is 0 Å². The summed E-state index contributed by atoms with van der Waals surface area (Å²) in [5.74, 6) is 0. The van der Waals surface area contributed by atoms with Gasteiger partial charge in [-0.25, -0.2) is 0 Å². The quantitative estimate of drug-likeness (QED) is 0.595. The topological polar surface area (TPSA) is 38.7 Å². The standard InChI is InChI=1S/C8H18O3/c1-4-5-6-7(9)8(10-2)11-3/h7-9H,4-6H2,1-3H3. The van der Waals surface area contributed by atoms with Crippen molar-refractivity contribution in [3.05, 3.63) is 0 Å².